The molecule has 2 aromatic heterocycles. The van der Waals surface area contributed by atoms with Gasteiger partial charge in [0.1, 0.15) is 17.2 Å². The second-order valence-corrected chi connectivity index (χ2v) is 3.41. The maximum atomic E-state index is 11.5. The maximum absolute atomic E-state index is 11.5. The lowest BCUT2D eigenvalue weighted by Gasteiger charge is -2.01. The van der Waals surface area contributed by atoms with Gasteiger partial charge in [0.2, 0.25) is 5.28 Å². The molecule has 0 aliphatic heterocycles. The fraction of sp³-hybridized carbons (Fsp3) is 0. The van der Waals surface area contributed by atoms with Gasteiger partial charge in [-0.25, -0.2) is 9.97 Å². The van der Waals surface area contributed by atoms with Crippen molar-refractivity contribution < 1.29 is 9.32 Å². The third-order valence-electron chi connectivity index (χ3n) is 1.58. The molecule has 0 fully saturated rings. The zero-order chi connectivity index (χ0) is 11.5. The summed E-state index contributed by atoms with van der Waals surface area (Å²) >= 11 is 11.2. The molecule has 2 rings (SSSR count). The number of hydrogen-bond donors (Lipinski definition) is 1. The molecule has 0 radical (unpaired) electrons. The van der Waals surface area contributed by atoms with E-state index in [1.54, 1.807) is 0 Å². The molecule has 2 aromatic rings. The van der Waals surface area contributed by atoms with Crippen molar-refractivity contribution in [1.29, 1.82) is 0 Å². The molecule has 0 aliphatic carbocycles. The lowest BCUT2D eigenvalue weighted by atomic mass is 10.4. The van der Waals surface area contributed by atoms with Crippen molar-refractivity contribution in [1.82, 2.24) is 15.1 Å². The van der Waals surface area contributed by atoms with E-state index in [0.29, 0.717) is 0 Å². The van der Waals surface area contributed by atoms with Gasteiger partial charge in [0, 0.05) is 12.1 Å². The third kappa shape index (κ3) is 2.47. The quantitative estimate of drug-likeness (QED) is 0.659. The van der Waals surface area contributed by atoms with Crippen LogP contribution in [-0.2, 0) is 0 Å². The third-order valence-corrected chi connectivity index (χ3v) is 1.94. The predicted octanol–water partition coefficient (Wildman–Crippen LogP) is 2.02. The first kappa shape index (κ1) is 10.8. The van der Waals surface area contributed by atoms with E-state index in [0.717, 1.165) is 0 Å². The zero-order valence-electron chi connectivity index (χ0n) is 7.65. The summed E-state index contributed by atoms with van der Waals surface area (Å²) in [5.41, 5.74) is 0.130. The molecule has 0 atom stereocenters. The molecule has 8 heteroatoms. The Balaban J connectivity index is 2.18. The fourth-order valence-corrected chi connectivity index (χ4v) is 1.37. The lowest BCUT2D eigenvalue weighted by molar-refractivity contribution is 0.101. The van der Waals surface area contributed by atoms with Crippen LogP contribution < -0.4 is 5.32 Å². The first-order chi connectivity index (χ1) is 7.65. The minimum Gasteiger partial charge on any atom is -0.364 e. The minimum absolute atomic E-state index is 0.0528. The lowest BCUT2D eigenvalue weighted by Crippen LogP contribution is -2.13. The normalized spacial score (nSPS) is 10.1. The highest BCUT2D eigenvalue weighted by Crippen LogP contribution is 2.14. The monoisotopic (exact) mass is 258 g/mol. The number of anilines is 1. The largest absolute Gasteiger partial charge is 0.364 e. The predicted molar refractivity (Wildman–Crippen MR) is 56.5 cm³/mol. The average molecular weight is 259 g/mol. The van der Waals surface area contributed by atoms with Gasteiger partial charge in [-0.15, -0.1) is 0 Å². The second kappa shape index (κ2) is 4.46. The van der Waals surface area contributed by atoms with Crippen molar-refractivity contribution in [2.24, 2.45) is 0 Å². The second-order valence-electron chi connectivity index (χ2n) is 2.68. The van der Waals surface area contributed by atoms with Crippen LogP contribution in [0.3, 0.4) is 0 Å². The molecule has 0 unspecified atom stereocenters. The Morgan fingerprint density at radius 3 is 2.81 bits per heavy atom. The standard InChI is InChI=1S/C8H4Cl2N4O2/c9-5-3-6(13-8(10)11-5)12-7(15)4-1-2-16-14-4/h1-3H,(H,11,12,13,15). The van der Waals surface area contributed by atoms with Crippen LogP contribution in [0.1, 0.15) is 10.5 Å². The summed E-state index contributed by atoms with van der Waals surface area (Å²) < 4.78 is 4.53. The van der Waals surface area contributed by atoms with E-state index in [2.05, 4.69) is 25.0 Å². The first-order valence-electron chi connectivity index (χ1n) is 4.07. The van der Waals surface area contributed by atoms with E-state index in [4.69, 9.17) is 23.2 Å². The SMILES string of the molecule is O=C(Nc1cc(Cl)nc(Cl)n1)c1ccon1. The fourth-order valence-electron chi connectivity index (χ4n) is 0.964. The number of nitrogens with one attached hydrogen (secondary N) is 1. The molecule has 0 spiro atoms. The average Bonchev–Trinajstić information content (AvgIpc) is 2.68. The van der Waals surface area contributed by atoms with Crippen LogP contribution in [-0.4, -0.2) is 21.0 Å². The summed E-state index contributed by atoms with van der Waals surface area (Å²) in [6, 6.07) is 2.78. The topological polar surface area (TPSA) is 80.9 Å². The highest BCUT2D eigenvalue weighted by atomic mass is 35.5. The highest BCUT2D eigenvalue weighted by molar-refractivity contribution is 6.32. The molecule has 82 valence electrons. The van der Waals surface area contributed by atoms with Gasteiger partial charge in [-0.05, 0) is 11.6 Å². The van der Waals surface area contributed by atoms with Crippen molar-refractivity contribution in [2.45, 2.75) is 0 Å². The summed E-state index contributed by atoms with van der Waals surface area (Å²) in [4.78, 5) is 18.9. The van der Waals surface area contributed by atoms with Crippen LogP contribution in [0, 0.1) is 0 Å². The van der Waals surface area contributed by atoms with Crippen LogP contribution in [0.5, 0.6) is 0 Å². The smallest absolute Gasteiger partial charge is 0.278 e. The summed E-state index contributed by atoms with van der Waals surface area (Å²) in [6.45, 7) is 0. The van der Waals surface area contributed by atoms with Crippen LogP contribution in [0.4, 0.5) is 5.82 Å². The van der Waals surface area contributed by atoms with Gasteiger partial charge in [0.05, 0.1) is 0 Å². The van der Waals surface area contributed by atoms with Crippen molar-refractivity contribution in [3.8, 4) is 0 Å². The molecular formula is C8H4Cl2N4O2. The van der Waals surface area contributed by atoms with Gasteiger partial charge in [0.15, 0.2) is 5.69 Å². The summed E-state index contributed by atoms with van der Waals surface area (Å²) in [5, 5.41) is 5.99. The highest BCUT2D eigenvalue weighted by Gasteiger charge is 2.11. The number of nitrogens with zero attached hydrogens (tertiary/aromatic N) is 3. The Bertz CT molecular complexity index is 495. The Kier molecular flexibility index (Phi) is 3.02. The van der Waals surface area contributed by atoms with Gasteiger partial charge in [-0.3, -0.25) is 4.79 Å². The molecule has 1 N–H and O–H groups in total. The van der Waals surface area contributed by atoms with Crippen molar-refractivity contribution in [3.05, 3.63) is 34.5 Å². The van der Waals surface area contributed by atoms with Gasteiger partial charge >= 0.3 is 0 Å². The maximum Gasteiger partial charge on any atom is 0.278 e. The molecule has 0 aliphatic rings. The zero-order valence-corrected chi connectivity index (χ0v) is 9.16. The Hall–Kier alpha value is -1.66. The van der Waals surface area contributed by atoms with Crippen molar-refractivity contribution >= 4 is 34.9 Å². The van der Waals surface area contributed by atoms with E-state index in [1.807, 2.05) is 0 Å². The van der Waals surface area contributed by atoms with Gasteiger partial charge in [-0.1, -0.05) is 16.8 Å². The number of carbonyl (C=O) groups excluding carboxylic acids is 1. The minimum atomic E-state index is -0.473. The molecule has 2 heterocycles. The van der Waals surface area contributed by atoms with E-state index < -0.39 is 5.91 Å². The van der Waals surface area contributed by atoms with Crippen molar-refractivity contribution in [2.75, 3.05) is 5.32 Å². The number of carbonyl (C=O) groups is 1. The number of rotatable bonds is 2. The molecule has 0 saturated heterocycles. The Morgan fingerprint density at radius 1 is 1.38 bits per heavy atom. The van der Waals surface area contributed by atoms with E-state index >= 15 is 0 Å². The Morgan fingerprint density at radius 2 is 2.19 bits per heavy atom. The van der Waals surface area contributed by atoms with Crippen LogP contribution >= 0.6 is 23.2 Å². The van der Waals surface area contributed by atoms with E-state index in [9.17, 15) is 4.79 Å². The number of aromatic nitrogens is 3. The number of hydrogen-bond acceptors (Lipinski definition) is 5. The molecular weight excluding hydrogens is 255 g/mol. The van der Waals surface area contributed by atoms with Crippen LogP contribution in [0.15, 0.2) is 22.9 Å². The van der Waals surface area contributed by atoms with Gasteiger partial charge in [0.25, 0.3) is 5.91 Å². The molecule has 16 heavy (non-hydrogen) atoms. The van der Waals surface area contributed by atoms with Crippen LogP contribution in [0.25, 0.3) is 0 Å². The molecule has 0 saturated carbocycles. The molecule has 6 nitrogen and oxygen atoms in total. The first-order valence-corrected chi connectivity index (χ1v) is 4.82. The Labute approximate surface area is 99.6 Å². The van der Waals surface area contributed by atoms with E-state index in [1.165, 1.54) is 18.4 Å². The summed E-state index contributed by atoms with van der Waals surface area (Å²) in [7, 11) is 0. The van der Waals surface area contributed by atoms with Crippen LogP contribution in [0.2, 0.25) is 10.4 Å². The number of amides is 1. The molecule has 0 aromatic carbocycles. The number of halogens is 2. The summed E-state index contributed by atoms with van der Waals surface area (Å²) in [6.07, 6.45) is 1.29. The van der Waals surface area contributed by atoms with E-state index in [-0.39, 0.29) is 21.9 Å². The molecule has 1 amide bonds. The van der Waals surface area contributed by atoms with Gasteiger partial charge < -0.3 is 9.84 Å². The van der Waals surface area contributed by atoms with Gasteiger partial charge in [-0.2, -0.15) is 0 Å². The molecule has 0 bridgehead atoms. The van der Waals surface area contributed by atoms with Crippen molar-refractivity contribution in [3.63, 3.8) is 0 Å². The summed E-state index contributed by atoms with van der Waals surface area (Å²) in [5.74, 6) is -0.280.